The number of halogens is 2. The number of amides is 2. The highest BCUT2D eigenvalue weighted by molar-refractivity contribution is 7.99. The van der Waals surface area contributed by atoms with Crippen molar-refractivity contribution < 1.29 is 9.59 Å². The maximum absolute atomic E-state index is 12.3. The molecule has 0 radical (unpaired) electrons. The Balaban J connectivity index is 1.53. The first-order valence-corrected chi connectivity index (χ1v) is 10.9. The molecule has 0 fully saturated rings. The fraction of sp³-hybridized carbons (Fsp3) is 0.105. The zero-order chi connectivity index (χ0) is 19.9. The van der Waals surface area contributed by atoms with Crippen LogP contribution in [0, 0.1) is 0 Å². The Morgan fingerprint density at radius 1 is 1.07 bits per heavy atom. The third-order valence-corrected chi connectivity index (χ3v) is 5.96. The normalized spacial score (nSPS) is 10.5. The summed E-state index contributed by atoms with van der Waals surface area (Å²) in [4.78, 5) is 28.5. The zero-order valence-electron chi connectivity index (χ0n) is 14.4. The molecule has 0 saturated carbocycles. The van der Waals surface area contributed by atoms with Crippen molar-refractivity contribution in [3.8, 4) is 0 Å². The van der Waals surface area contributed by atoms with E-state index in [1.54, 1.807) is 54.0 Å². The van der Waals surface area contributed by atoms with E-state index in [1.807, 2.05) is 0 Å². The highest BCUT2D eigenvalue weighted by Gasteiger charge is 2.11. The quantitative estimate of drug-likeness (QED) is 0.492. The molecule has 0 unspecified atom stereocenters. The summed E-state index contributed by atoms with van der Waals surface area (Å²) in [5.41, 5.74) is 1.79. The average Bonchev–Trinajstić information content (AvgIpc) is 3.17. The molecular weight excluding hydrogens is 437 g/mol. The van der Waals surface area contributed by atoms with E-state index in [1.165, 1.54) is 23.1 Å². The van der Waals surface area contributed by atoms with Gasteiger partial charge in [-0.2, -0.15) is 0 Å². The van der Waals surface area contributed by atoms with Crippen LogP contribution in [0.1, 0.15) is 15.9 Å². The monoisotopic (exact) mass is 451 g/mol. The highest BCUT2D eigenvalue weighted by Crippen LogP contribution is 2.28. The summed E-state index contributed by atoms with van der Waals surface area (Å²) in [5.74, 6) is 0.304. The van der Waals surface area contributed by atoms with Crippen molar-refractivity contribution in [2.45, 2.75) is 5.75 Å². The number of thiazole rings is 1. The molecule has 0 atom stereocenters. The lowest BCUT2D eigenvalue weighted by atomic mass is 10.2. The summed E-state index contributed by atoms with van der Waals surface area (Å²) in [6.07, 6.45) is 1.62. The molecule has 3 aromatic rings. The second-order valence-electron chi connectivity index (χ2n) is 5.61. The third-order valence-electron chi connectivity index (χ3n) is 3.60. The number of benzene rings is 2. The lowest BCUT2D eigenvalue weighted by molar-refractivity contribution is -0.113. The lowest BCUT2D eigenvalue weighted by Gasteiger charge is -2.09. The van der Waals surface area contributed by atoms with Gasteiger partial charge in [0.15, 0.2) is 5.13 Å². The van der Waals surface area contributed by atoms with E-state index >= 15 is 0 Å². The Hall–Kier alpha value is -2.06. The first-order chi connectivity index (χ1) is 13.5. The predicted molar refractivity (Wildman–Crippen MR) is 118 cm³/mol. The summed E-state index contributed by atoms with van der Waals surface area (Å²) in [6.45, 7) is 0. The number of aromatic nitrogens is 1. The van der Waals surface area contributed by atoms with Gasteiger partial charge in [-0.25, -0.2) is 4.98 Å². The van der Waals surface area contributed by atoms with Gasteiger partial charge in [0.05, 0.1) is 5.75 Å². The molecule has 28 heavy (non-hydrogen) atoms. The molecule has 2 N–H and O–H groups in total. The molecule has 0 aliphatic rings. The first-order valence-electron chi connectivity index (χ1n) is 8.14. The van der Waals surface area contributed by atoms with Crippen molar-refractivity contribution >= 4 is 68.9 Å². The Kier molecular flexibility index (Phi) is 7.33. The molecule has 0 bridgehead atoms. The SMILES string of the molecule is O=C(CSCc1c(Cl)cccc1Cl)Nc1cccc(C(=O)Nc2nccs2)c1. The topological polar surface area (TPSA) is 71.1 Å². The molecule has 1 heterocycles. The van der Waals surface area contributed by atoms with Crippen LogP contribution in [0.5, 0.6) is 0 Å². The number of nitrogens with zero attached hydrogens (tertiary/aromatic N) is 1. The van der Waals surface area contributed by atoms with Gasteiger partial charge in [0.1, 0.15) is 0 Å². The van der Waals surface area contributed by atoms with E-state index < -0.39 is 0 Å². The van der Waals surface area contributed by atoms with Crippen LogP contribution in [-0.4, -0.2) is 22.6 Å². The van der Waals surface area contributed by atoms with Crippen molar-refractivity contribution in [1.29, 1.82) is 0 Å². The molecule has 0 saturated heterocycles. The van der Waals surface area contributed by atoms with Gasteiger partial charge in [0.25, 0.3) is 5.91 Å². The van der Waals surface area contributed by atoms with Gasteiger partial charge in [-0.3, -0.25) is 14.9 Å². The van der Waals surface area contributed by atoms with Gasteiger partial charge in [-0.05, 0) is 35.9 Å². The second-order valence-corrected chi connectivity index (χ2v) is 8.31. The number of anilines is 2. The minimum atomic E-state index is -0.284. The third kappa shape index (κ3) is 5.72. The number of hydrogen-bond acceptors (Lipinski definition) is 5. The largest absolute Gasteiger partial charge is 0.325 e. The molecule has 9 heteroatoms. The number of rotatable bonds is 7. The zero-order valence-corrected chi connectivity index (χ0v) is 17.6. The molecule has 3 rings (SSSR count). The van der Waals surface area contributed by atoms with Crippen LogP contribution in [0.4, 0.5) is 10.8 Å². The van der Waals surface area contributed by atoms with Crippen LogP contribution in [-0.2, 0) is 10.5 Å². The van der Waals surface area contributed by atoms with Crippen LogP contribution in [0.25, 0.3) is 0 Å². The van der Waals surface area contributed by atoms with Gasteiger partial charge in [0.2, 0.25) is 5.91 Å². The van der Waals surface area contributed by atoms with Crippen LogP contribution in [0.3, 0.4) is 0 Å². The molecule has 5 nitrogen and oxygen atoms in total. The average molecular weight is 452 g/mol. The minimum absolute atomic E-state index is 0.175. The van der Waals surface area contributed by atoms with Crippen LogP contribution in [0.15, 0.2) is 54.0 Å². The van der Waals surface area contributed by atoms with Crippen molar-refractivity contribution in [1.82, 2.24) is 4.98 Å². The molecule has 144 valence electrons. The summed E-state index contributed by atoms with van der Waals surface area (Å²) >= 11 is 15.0. The highest BCUT2D eigenvalue weighted by atomic mass is 35.5. The van der Waals surface area contributed by atoms with Gasteiger partial charge >= 0.3 is 0 Å². The number of hydrogen-bond donors (Lipinski definition) is 2. The Labute approximate surface area is 180 Å². The lowest BCUT2D eigenvalue weighted by Crippen LogP contribution is -2.16. The summed E-state index contributed by atoms with van der Waals surface area (Å²) in [7, 11) is 0. The van der Waals surface area contributed by atoms with Crippen molar-refractivity contribution in [3.05, 3.63) is 75.2 Å². The van der Waals surface area contributed by atoms with Crippen molar-refractivity contribution in [2.24, 2.45) is 0 Å². The van der Waals surface area contributed by atoms with Crippen LogP contribution in [0.2, 0.25) is 10.0 Å². The maximum Gasteiger partial charge on any atom is 0.257 e. The Morgan fingerprint density at radius 2 is 1.82 bits per heavy atom. The fourth-order valence-corrected chi connectivity index (χ4v) is 4.39. The van der Waals surface area contributed by atoms with Gasteiger partial charge in [-0.15, -0.1) is 23.1 Å². The Morgan fingerprint density at radius 3 is 2.54 bits per heavy atom. The summed E-state index contributed by atoms with van der Waals surface area (Å²) in [6, 6.07) is 12.1. The van der Waals surface area contributed by atoms with E-state index in [2.05, 4.69) is 15.6 Å². The van der Waals surface area contributed by atoms with E-state index in [0.717, 1.165) is 5.56 Å². The summed E-state index contributed by atoms with van der Waals surface area (Å²) in [5, 5.41) is 8.97. The summed E-state index contributed by atoms with van der Waals surface area (Å²) < 4.78 is 0. The Bertz CT molecular complexity index is 961. The smallest absolute Gasteiger partial charge is 0.257 e. The predicted octanol–water partition coefficient (Wildman–Crippen LogP) is 5.57. The fourth-order valence-electron chi connectivity index (χ4n) is 2.31. The number of thioether (sulfide) groups is 1. The number of carbonyl (C=O) groups excluding carboxylic acids is 2. The van der Waals surface area contributed by atoms with Crippen LogP contribution >= 0.6 is 46.3 Å². The van der Waals surface area contributed by atoms with E-state index in [0.29, 0.717) is 32.2 Å². The van der Waals surface area contributed by atoms with E-state index in [4.69, 9.17) is 23.2 Å². The number of carbonyl (C=O) groups is 2. The van der Waals surface area contributed by atoms with E-state index in [-0.39, 0.29) is 17.6 Å². The molecule has 1 aromatic heterocycles. The number of nitrogens with one attached hydrogen (secondary N) is 2. The maximum atomic E-state index is 12.3. The van der Waals surface area contributed by atoms with E-state index in [9.17, 15) is 9.59 Å². The standard InChI is InChI=1S/C19H15Cl2N3O2S2/c20-15-5-2-6-16(21)14(15)10-27-11-17(25)23-13-4-1-3-12(9-13)18(26)24-19-22-7-8-28-19/h1-9H,10-11H2,(H,23,25)(H,22,24,26). The van der Waals surface area contributed by atoms with Gasteiger partial charge in [0, 0.05) is 38.6 Å². The van der Waals surface area contributed by atoms with Gasteiger partial charge < -0.3 is 5.32 Å². The molecule has 2 amide bonds. The van der Waals surface area contributed by atoms with Crippen molar-refractivity contribution in [3.63, 3.8) is 0 Å². The molecule has 0 spiro atoms. The van der Waals surface area contributed by atoms with Crippen molar-refractivity contribution in [2.75, 3.05) is 16.4 Å². The second kappa shape index (κ2) is 9.93. The van der Waals surface area contributed by atoms with Crippen LogP contribution < -0.4 is 10.6 Å². The molecular formula is C19H15Cl2N3O2S2. The van der Waals surface area contributed by atoms with Gasteiger partial charge in [-0.1, -0.05) is 35.3 Å². The molecule has 0 aliphatic carbocycles. The molecule has 0 aliphatic heterocycles. The first kappa shape index (κ1) is 20.7. The molecule has 2 aromatic carbocycles. The minimum Gasteiger partial charge on any atom is -0.325 e.